The number of aliphatic hydroxyl groups is 1. The van der Waals surface area contributed by atoms with Gasteiger partial charge in [-0.05, 0) is 26.2 Å². The number of allylic oxidation sites excluding steroid dienone is 1. The summed E-state index contributed by atoms with van der Waals surface area (Å²) in [5.74, 6) is 0. The van der Waals surface area contributed by atoms with Gasteiger partial charge in [0.25, 0.3) is 0 Å². The molecule has 0 aliphatic carbocycles. The van der Waals surface area contributed by atoms with Crippen LogP contribution in [-0.2, 0) is 0 Å². The molecule has 2 atom stereocenters. The fourth-order valence-corrected chi connectivity index (χ4v) is 1.62. The Hall–Kier alpha value is -1.16. The Morgan fingerprint density at radius 3 is 2.24 bits per heavy atom. The van der Waals surface area contributed by atoms with Crippen molar-refractivity contribution >= 4 is 0 Å². The van der Waals surface area contributed by atoms with E-state index in [-0.39, 0.29) is 11.5 Å². The van der Waals surface area contributed by atoms with Gasteiger partial charge in [0, 0.05) is 0 Å². The van der Waals surface area contributed by atoms with Crippen molar-refractivity contribution in [2.75, 3.05) is 0 Å². The van der Waals surface area contributed by atoms with Crippen LogP contribution < -0.4 is 0 Å². The van der Waals surface area contributed by atoms with Crippen molar-refractivity contribution in [3.05, 3.63) is 24.3 Å². The first kappa shape index (κ1) is 13.9. The van der Waals surface area contributed by atoms with E-state index in [4.69, 9.17) is 0 Å². The van der Waals surface area contributed by atoms with E-state index >= 15 is 0 Å². The number of rotatable bonds is 3. The van der Waals surface area contributed by atoms with Crippen LogP contribution in [0.25, 0.3) is 0 Å². The molecule has 0 fully saturated rings. The second-order valence-corrected chi connectivity index (χ2v) is 5.96. The molecule has 4 nitrogen and oxygen atoms in total. The molecule has 0 aliphatic rings. The van der Waals surface area contributed by atoms with Gasteiger partial charge in [-0.1, -0.05) is 32.4 Å². The molecule has 0 aliphatic heterocycles. The summed E-state index contributed by atoms with van der Waals surface area (Å²) in [7, 11) is 0. The van der Waals surface area contributed by atoms with Crippen molar-refractivity contribution in [1.82, 2.24) is 14.8 Å². The average molecular weight is 237 g/mol. The molecule has 1 aromatic heterocycles. The topological polar surface area (TPSA) is 50.9 Å². The molecular weight excluding hydrogens is 214 g/mol. The summed E-state index contributed by atoms with van der Waals surface area (Å²) in [5.41, 5.74) is -0.0110. The Bertz CT molecular complexity index is 381. The number of hydrogen-bond donors (Lipinski definition) is 1. The minimum absolute atomic E-state index is 0.213. The highest BCUT2D eigenvalue weighted by Crippen LogP contribution is 2.39. The predicted octanol–water partition coefficient (Wildman–Crippen LogP) is 2.58. The van der Waals surface area contributed by atoms with Crippen molar-refractivity contribution < 1.29 is 5.11 Å². The quantitative estimate of drug-likeness (QED) is 0.822. The van der Waals surface area contributed by atoms with Crippen molar-refractivity contribution in [2.45, 2.75) is 53.2 Å². The third-order valence-corrected chi connectivity index (χ3v) is 3.31. The van der Waals surface area contributed by atoms with Gasteiger partial charge in [0.1, 0.15) is 18.7 Å². The summed E-state index contributed by atoms with van der Waals surface area (Å²) in [5, 5.41) is 14.9. The maximum atomic E-state index is 10.8. The zero-order valence-corrected chi connectivity index (χ0v) is 11.6. The molecule has 0 saturated heterocycles. The fourth-order valence-electron chi connectivity index (χ4n) is 1.62. The van der Waals surface area contributed by atoms with Gasteiger partial charge in [-0.3, -0.25) is 0 Å². The van der Waals surface area contributed by atoms with Crippen LogP contribution in [0.5, 0.6) is 0 Å². The SMILES string of the molecule is CC(C)=CC(n1cncn1)C(C)(O)C(C)(C)C. The van der Waals surface area contributed by atoms with Crippen LogP contribution in [0.2, 0.25) is 0 Å². The maximum absolute atomic E-state index is 10.8. The Labute approximate surface area is 103 Å². The van der Waals surface area contributed by atoms with Crippen molar-refractivity contribution in [3.63, 3.8) is 0 Å². The van der Waals surface area contributed by atoms with E-state index in [0.717, 1.165) is 5.57 Å². The van der Waals surface area contributed by atoms with Crippen LogP contribution >= 0.6 is 0 Å². The molecule has 1 N–H and O–H groups in total. The Morgan fingerprint density at radius 1 is 1.29 bits per heavy atom. The molecule has 0 spiro atoms. The van der Waals surface area contributed by atoms with E-state index in [0.29, 0.717) is 0 Å². The Morgan fingerprint density at radius 2 is 1.88 bits per heavy atom. The monoisotopic (exact) mass is 237 g/mol. The van der Waals surface area contributed by atoms with Crippen LogP contribution in [-0.4, -0.2) is 25.5 Å². The predicted molar refractivity (Wildman–Crippen MR) is 68.6 cm³/mol. The highest BCUT2D eigenvalue weighted by Gasteiger charge is 2.42. The molecular formula is C13H23N3O. The van der Waals surface area contributed by atoms with E-state index in [1.807, 2.05) is 47.6 Å². The maximum Gasteiger partial charge on any atom is 0.137 e. The van der Waals surface area contributed by atoms with E-state index in [2.05, 4.69) is 10.1 Å². The van der Waals surface area contributed by atoms with Gasteiger partial charge >= 0.3 is 0 Å². The normalized spacial score (nSPS) is 17.4. The molecule has 0 saturated carbocycles. The molecule has 1 heterocycles. The zero-order valence-electron chi connectivity index (χ0n) is 11.6. The Kier molecular flexibility index (Phi) is 3.77. The van der Waals surface area contributed by atoms with Gasteiger partial charge in [-0.2, -0.15) is 5.10 Å². The number of aromatic nitrogens is 3. The molecule has 0 bridgehead atoms. The van der Waals surface area contributed by atoms with E-state index in [9.17, 15) is 5.11 Å². The molecule has 17 heavy (non-hydrogen) atoms. The van der Waals surface area contributed by atoms with E-state index < -0.39 is 5.60 Å². The molecule has 0 aromatic carbocycles. The first-order valence-electron chi connectivity index (χ1n) is 5.88. The van der Waals surface area contributed by atoms with Crippen LogP contribution in [0, 0.1) is 5.41 Å². The molecule has 0 amide bonds. The Balaban J connectivity index is 3.21. The minimum Gasteiger partial charge on any atom is -0.387 e. The first-order chi connectivity index (χ1) is 7.66. The van der Waals surface area contributed by atoms with Gasteiger partial charge in [-0.25, -0.2) is 9.67 Å². The van der Waals surface area contributed by atoms with Gasteiger partial charge in [-0.15, -0.1) is 0 Å². The summed E-state index contributed by atoms with van der Waals surface area (Å²) in [6, 6.07) is -0.213. The van der Waals surface area contributed by atoms with Gasteiger partial charge < -0.3 is 5.11 Å². The van der Waals surface area contributed by atoms with Gasteiger partial charge in [0.2, 0.25) is 0 Å². The summed E-state index contributed by atoms with van der Waals surface area (Å²) < 4.78 is 1.71. The lowest BCUT2D eigenvalue weighted by molar-refractivity contribution is -0.0727. The highest BCUT2D eigenvalue weighted by atomic mass is 16.3. The summed E-state index contributed by atoms with van der Waals surface area (Å²) in [6.45, 7) is 11.9. The number of hydrogen-bond acceptors (Lipinski definition) is 3. The summed E-state index contributed by atoms with van der Waals surface area (Å²) in [4.78, 5) is 3.96. The van der Waals surface area contributed by atoms with Crippen LogP contribution in [0.3, 0.4) is 0 Å². The van der Waals surface area contributed by atoms with E-state index in [1.54, 1.807) is 11.0 Å². The number of nitrogens with zero attached hydrogens (tertiary/aromatic N) is 3. The first-order valence-corrected chi connectivity index (χ1v) is 5.88. The van der Waals surface area contributed by atoms with Gasteiger partial charge in [0.15, 0.2) is 0 Å². The second kappa shape index (κ2) is 4.61. The highest BCUT2D eigenvalue weighted by molar-refractivity contribution is 5.09. The second-order valence-electron chi connectivity index (χ2n) is 5.96. The van der Waals surface area contributed by atoms with Crippen molar-refractivity contribution in [1.29, 1.82) is 0 Å². The zero-order chi connectivity index (χ0) is 13.3. The van der Waals surface area contributed by atoms with Crippen LogP contribution in [0.1, 0.15) is 47.6 Å². The molecule has 1 aromatic rings. The third-order valence-electron chi connectivity index (χ3n) is 3.31. The fraction of sp³-hybridized carbons (Fsp3) is 0.692. The average Bonchev–Trinajstić information content (AvgIpc) is 2.64. The minimum atomic E-state index is -0.905. The lowest BCUT2D eigenvalue weighted by atomic mass is 9.73. The summed E-state index contributed by atoms with van der Waals surface area (Å²) in [6.07, 6.45) is 5.16. The van der Waals surface area contributed by atoms with Crippen LogP contribution in [0.4, 0.5) is 0 Å². The van der Waals surface area contributed by atoms with Crippen LogP contribution in [0.15, 0.2) is 24.3 Å². The molecule has 2 unspecified atom stereocenters. The van der Waals surface area contributed by atoms with Crippen molar-refractivity contribution in [2.24, 2.45) is 5.41 Å². The largest absolute Gasteiger partial charge is 0.387 e. The molecule has 0 radical (unpaired) electrons. The lowest BCUT2D eigenvalue weighted by Crippen LogP contribution is -2.47. The summed E-state index contributed by atoms with van der Waals surface area (Å²) >= 11 is 0. The lowest BCUT2D eigenvalue weighted by Gasteiger charge is -2.42. The molecule has 4 heteroatoms. The molecule has 1 rings (SSSR count). The van der Waals surface area contributed by atoms with E-state index in [1.165, 1.54) is 6.33 Å². The van der Waals surface area contributed by atoms with Gasteiger partial charge in [0.05, 0.1) is 5.60 Å². The smallest absolute Gasteiger partial charge is 0.137 e. The molecule has 96 valence electrons. The van der Waals surface area contributed by atoms with Crippen molar-refractivity contribution in [3.8, 4) is 0 Å². The third kappa shape index (κ3) is 2.94. The standard InChI is InChI=1S/C13H23N3O/c1-10(2)7-11(16-9-14-8-15-16)13(6,17)12(3,4)5/h7-9,11,17H,1-6H3.